The van der Waals surface area contributed by atoms with E-state index in [9.17, 15) is 14.9 Å². The Morgan fingerprint density at radius 1 is 1.28 bits per heavy atom. The molecular formula is C21H18BrN3O3S. The van der Waals surface area contributed by atoms with Gasteiger partial charge in [0.15, 0.2) is 0 Å². The summed E-state index contributed by atoms with van der Waals surface area (Å²) in [5.74, 6) is 0.0302. The van der Waals surface area contributed by atoms with Gasteiger partial charge < -0.3 is 15.4 Å². The van der Waals surface area contributed by atoms with E-state index in [1.807, 2.05) is 24.3 Å². The van der Waals surface area contributed by atoms with Crippen molar-refractivity contribution >= 4 is 45.2 Å². The quantitative estimate of drug-likeness (QED) is 0.659. The number of hydrogen-bond donors (Lipinski definition) is 2. The Bertz CT molecular complexity index is 982. The number of benzene rings is 2. The maximum atomic E-state index is 12.3. The highest BCUT2D eigenvalue weighted by molar-refractivity contribution is 9.10. The fraction of sp³-hybridized carbons (Fsp3) is 0.190. The van der Waals surface area contributed by atoms with Gasteiger partial charge in [0.25, 0.3) is 0 Å². The van der Waals surface area contributed by atoms with Crippen LogP contribution in [0.3, 0.4) is 0 Å². The summed E-state index contributed by atoms with van der Waals surface area (Å²) in [6.45, 7) is 0. The standard InChI is InChI=1S/C21H18BrN3O3S/c1-28-16-8-2-13(3-9-16)17-10-19(26)25-21(18(17)11-23)29-12-20(27)24-15-6-4-14(22)5-7-15/h2-9,17H,10,12H2,1H3,(H,24,27)(H,25,26)/t17-/m0/s1. The van der Waals surface area contributed by atoms with Gasteiger partial charge in [0, 0.05) is 22.5 Å². The average molecular weight is 472 g/mol. The fourth-order valence-corrected chi connectivity index (χ4v) is 4.06. The monoisotopic (exact) mass is 471 g/mol. The number of methoxy groups -OCH3 is 1. The van der Waals surface area contributed by atoms with Gasteiger partial charge in [-0.2, -0.15) is 5.26 Å². The molecule has 0 saturated heterocycles. The number of hydrogen-bond acceptors (Lipinski definition) is 5. The molecule has 1 heterocycles. The zero-order valence-corrected chi connectivity index (χ0v) is 18.0. The molecule has 2 aromatic rings. The van der Waals surface area contributed by atoms with Crippen LogP contribution in [0.5, 0.6) is 5.75 Å². The molecule has 1 atom stereocenters. The van der Waals surface area contributed by atoms with Crippen molar-refractivity contribution in [1.29, 1.82) is 5.26 Å². The van der Waals surface area contributed by atoms with Crippen LogP contribution in [-0.4, -0.2) is 24.7 Å². The summed E-state index contributed by atoms with van der Waals surface area (Å²) in [7, 11) is 1.58. The lowest BCUT2D eigenvalue weighted by atomic mass is 9.87. The normalized spacial score (nSPS) is 16.0. The van der Waals surface area contributed by atoms with Crippen molar-refractivity contribution < 1.29 is 14.3 Å². The second kappa shape index (κ2) is 9.63. The highest BCUT2D eigenvalue weighted by Crippen LogP contribution is 2.36. The zero-order chi connectivity index (χ0) is 20.8. The molecule has 29 heavy (non-hydrogen) atoms. The van der Waals surface area contributed by atoms with E-state index in [-0.39, 0.29) is 29.9 Å². The molecule has 0 aromatic heterocycles. The Balaban J connectivity index is 1.73. The lowest BCUT2D eigenvalue weighted by Crippen LogP contribution is -2.31. The van der Waals surface area contributed by atoms with Gasteiger partial charge in [-0.3, -0.25) is 9.59 Å². The zero-order valence-electron chi connectivity index (χ0n) is 15.6. The molecule has 0 radical (unpaired) electrons. The van der Waals surface area contributed by atoms with Gasteiger partial charge in [-0.25, -0.2) is 0 Å². The van der Waals surface area contributed by atoms with Crippen molar-refractivity contribution in [2.45, 2.75) is 12.3 Å². The van der Waals surface area contributed by atoms with Crippen molar-refractivity contribution in [3.8, 4) is 11.8 Å². The highest BCUT2D eigenvalue weighted by Gasteiger charge is 2.29. The Kier molecular flexibility index (Phi) is 6.96. The second-order valence-electron chi connectivity index (χ2n) is 6.28. The maximum Gasteiger partial charge on any atom is 0.234 e. The van der Waals surface area contributed by atoms with E-state index in [0.29, 0.717) is 22.0 Å². The number of carbonyl (C=O) groups is 2. The SMILES string of the molecule is COc1ccc([C@@H]2CC(=O)NC(SCC(=O)Nc3ccc(Br)cc3)=C2C#N)cc1. The molecule has 0 spiro atoms. The number of nitrogens with zero attached hydrogens (tertiary/aromatic N) is 1. The van der Waals surface area contributed by atoms with Crippen LogP contribution >= 0.6 is 27.7 Å². The number of anilines is 1. The van der Waals surface area contributed by atoms with Gasteiger partial charge in [0.05, 0.1) is 29.5 Å². The minimum atomic E-state index is -0.350. The molecule has 6 nitrogen and oxygen atoms in total. The van der Waals surface area contributed by atoms with Crippen molar-refractivity contribution in [3.05, 3.63) is 69.2 Å². The number of halogens is 1. The summed E-state index contributed by atoms with van der Waals surface area (Å²) in [5.41, 5.74) is 1.99. The van der Waals surface area contributed by atoms with Crippen LogP contribution in [0, 0.1) is 11.3 Å². The number of nitriles is 1. The van der Waals surface area contributed by atoms with E-state index in [0.717, 1.165) is 21.8 Å². The van der Waals surface area contributed by atoms with Gasteiger partial charge in [-0.15, -0.1) is 0 Å². The van der Waals surface area contributed by atoms with Crippen LogP contribution in [0.2, 0.25) is 0 Å². The van der Waals surface area contributed by atoms with E-state index in [1.165, 1.54) is 0 Å². The van der Waals surface area contributed by atoms with E-state index in [1.54, 1.807) is 31.4 Å². The number of ether oxygens (including phenoxy) is 1. The van der Waals surface area contributed by atoms with Crippen molar-refractivity contribution in [2.75, 3.05) is 18.2 Å². The van der Waals surface area contributed by atoms with Crippen LogP contribution in [0.4, 0.5) is 5.69 Å². The van der Waals surface area contributed by atoms with E-state index in [4.69, 9.17) is 4.74 Å². The van der Waals surface area contributed by atoms with Gasteiger partial charge >= 0.3 is 0 Å². The first-order valence-electron chi connectivity index (χ1n) is 8.76. The van der Waals surface area contributed by atoms with Crippen molar-refractivity contribution in [3.63, 3.8) is 0 Å². The number of rotatable bonds is 6. The van der Waals surface area contributed by atoms with E-state index >= 15 is 0 Å². The topological polar surface area (TPSA) is 91.2 Å². The van der Waals surface area contributed by atoms with E-state index in [2.05, 4.69) is 32.6 Å². The predicted octanol–water partition coefficient (Wildman–Crippen LogP) is 4.17. The number of thioether (sulfide) groups is 1. The highest BCUT2D eigenvalue weighted by atomic mass is 79.9. The summed E-state index contributed by atoms with van der Waals surface area (Å²) in [6.07, 6.45) is 0.185. The first-order valence-corrected chi connectivity index (χ1v) is 10.5. The smallest absolute Gasteiger partial charge is 0.234 e. The molecule has 3 rings (SSSR count). The third kappa shape index (κ3) is 5.40. The van der Waals surface area contributed by atoms with E-state index < -0.39 is 0 Å². The molecule has 2 amide bonds. The van der Waals surface area contributed by atoms with Crippen LogP contribution in [0.25, 0.3) is 0 Å². The molecule has 0 saturated carbocycles. The predicted molar refractivity (Wildman–Crippen MR) is 116 cm³/mol. The fourth-order valence-electron chi connectivity index (χ4n) is 2.92. The van der Waals surface area contributed by atoms with Crippen LogP contribution < -0.4 is 15.4 Å². The first kappa shape index (κ1) is 21.0. The lowest BCUT2D eigenvalue weighted by Gasteiger charge is -2.25. The van der Waals surface area contributed by atoms with Crippen LogP contribution in [-0.2, 0) is 9.59 Å². The molecule has 2 N–H and O–H groups in total. The van der Waals surface area contributed by atoms with Crippen LogP contribution in [0.15, 0.2) is 63.6 Å². The van der Waals surface area contributed by atoms with Crippen molar-refractivity contribution in [1.82, 2.24) is 5.32 Å². The Labute approximate surface area is 181 Å². The Hall–Kier alpha value is -2.76. The summed E-state index contributed by atoms with van der Waals surface area (Å²) >= 11 is 4.50. The molecule has 0 fully saturated rings. The summed E-state index contributed by atoms with van der Waals surface area (Å²) in [6, 6.07) is 16.7. The molecule has 8 heteroatoms. The number of amides is 2. The number of nitrogens with one attached hydrogen (secondary N) is 2. The largest absolute Gasteiger partial charge is 0.497 e. The second-order valence-corrected chi connectivity index (χ2v) is 8.18. The third-order valence-electron chi connectivity index (χ3n) is 4.35. The average Bonchev–Trinajstić information content (AvgIpc) is 2.73. The lowest BCUT2D eigenvalue weighted by molar-refractivity contribution is -0.121. The number of allylic oxidation sites excluding steroid dienone is 1. The molecule has 1 aliphatic rings. The molecule has 1 aliphatic heterocycles. The molecule has 0 bridgehead atoms. The van der Waals surface area contributed by atoms with Gasteiger partial charge in [0.2, 0.25) is 11.8 Å². The molecular weight excluding hydrogens is 454 g/mol. The summed E-state index contributed by atoms with van der Waals surface area (Å²) < 4.78 is 6.08. The Morgan fingerprint density at radius 3 is 2.59 bits per heavy atom. The summed E-state index contributed by atoms with van der Waals surface area (Å²) in [5, 5.41) is 15.7. The molecule has 0 aliphatic carbocycles. The van der Waals surface area contributed by atoms with Gasteiger partial charge in [0.1, 0.15) is 5.75 Å². The number of carbonyl (C=O) groups excluding carboxylic acids is 2. The van der Waals surface area contributed by atoms with Gasteiger partial charge in [-0.1, -0.05) is 39.8 Å². The molecule has 148 valence electrons. The molecule has 2 aromatic carbocycles. The van der Waals surface area contributed by atoms with Crippen LogP contribution in [0.1, 0.15) is 17.9 Å². The summed E-state index contributed by atoms with van der Waals surface area (Å²) in [4.78, 5) is 24.5. The Morgan fingerprint density at radius 2 is 1.97 bits per heavy atom. The third-order valence-corrected chi connectivity index (χ3v) is 5.90. The van der Waals surface area contributed by atoms with Gasteiger partial charge in [-0.05, 0) is 42.0 Å². The van der Waals surface area contributed by atoms with Crippen molar-refractivity contribution in [2.24, 2.45) is 0 Å². The first-order chi connectivity index (χ1) is 14.0. The minimum Gasteiger partial charge on any atom is -0.497 e. The maximum absolute atomic E-state index is 12.3. The minimum absolute atomic E-state index is 0.0756. The molecule has 0 unspecified atom stereocenters.